The molecule has 0 fully saturated rings. The van der Waals surface area contributed by atoms with Gasteiger partial charge in [-0.25, -0.2) is 0 Å². The molecule has 21 heavy (non-hydrogen) atoms. The van der Waals surface area contributed by atoms with Crippen molar-refractivity contribution in [2.75, 3.05) is 7.11 Å². The van der Waals surface area contributed by atoms with Crippen LogP contribution < -0.4 is 4.74 Å². The number of hydrogen-bond donors (Lipinski definition) is 0. The fourth-order valence-corrected chi connectivity index (χ4v) is 2.52. The second kappa shape index (κ2) is 6.00. The smallest absolute Gasteiger partial charge is 0.137 e. The van der Waals surface area contributed by atoms with Crippen LogP contribution in [0.2, 0.25) is 0 Å². The largest absolute Gasteiger partial charge is 0.497 e. The summed E-state index contributed by atoms with van der Waals surface area (Å²) in [7, 11) is 1.68. The third-order valence-electron chi connectivity index (χ3n) is 3.72. The molecule has 2 aromatic carbocycles. The van der Waals surface area contributed by atoms with Crippen LogP contribution in [-0.2, 0) is 11.3 Å². The van der Waals surface area contributed by atoms with E-state index in [0.29, 0.717) is 0 Å². The summed E-state index contributed by atoms with van der Waals surface area (Å²) in [5, 5.41) is 4.24. The number of methoxy groups -OCH3 is 1. The van der Waals surface area contributed by atoms with Crippen molar-refractivity contribution in [2.24, 2.45) is 5.16 Å². The molecule has 0 N–H and O–H groups in total. The second-order valence-electron chi connectivity index (χ2n) is 5.39. The van der Waals surface area contributed by atoms with Crippen LogP contribution in [0.15, 0.2) is 53.7 Å². The van der Waals surface area contributed by atoms with Crippen molar-refractivity contribution < 1.29 is 9.57 Å². The molecule has 0 spiro atoms. The van der Waals surface area contributed by atoms with Crippen molar-refractivity contribution in [2.45, 2.75) is 25.9 Å². The van der Waals surface area contributed by atoms with Gasteiger partial charge in [-0.05, 0) is 30.2 Å². The Labute approximate surface area is 125 Å². The van der Waals surface area contributed by atoms with Crippen molar-refractivity contribution in [1.29, 1.82) is 0 Å². The Morgan fingerprint density at radius 1 is 1.19 bits per heavy atom. The molecule has 0 aliphatic carbocycles. The van der Waals surface area contributed by atoms with E-state index in [-0.39, 0.29) is 6.10 Å². The Hall–Kier alpha value is -2.29. The van der Waals surface area contributed by atoms with Gasteiger partial charge in [-0.15, -0.1) is 0 Å². The first kappa shape index (κ1) is 13.7. The molecule has 108 valence electrons. The minimum absolute atomic E-state index is 0.105. The highest BCUT2D eigenvalue weighted by atomic mass is 16.6. The van der Waals surface area contributed by atoms with Crippen LogP contribution in [0.3, 0.4) is 0 Å². The minimum atomic E-state index is 0.105. The Balaban J connectivity index is 1.64. The van der Waals surface area contributed by atoms with Crippen LogP contribution in [-0.4, -0.2) is 18.9 Å². The quantitative estimate of drug-likeness (QED) is 0.854. The number of oxime groups is 1. The molecule has 1 heterocycles. The van der Waals surface area contributed by atoms with Gasteiger partial charge in [0.2, 0.25) is 0 Å². The van der Waals surface area contributed by atoms with Gasteiger partial charge >= 0.3 is 0 Å². The molecule has 1 aliphatic rings. The number of rotatable bonds is 4. The number of aryl methyl sites for hydroxylation is 1. The first-order valence-corrected chi connectivity index (χ1v) is 7.17. The fraction of sp³-hybridized carbons (Fsp3) is 0.278. The van der Waals surface area contributed by atoms with Crippen molar-refractivity contribution >= 4 is 5.71 Å². The van der Waals surface area contributed by atoms with Crippen LogP contribution in [0, 0.1) is 6.92 Å². The molecule has 0 saturated heterocycles. The van der Waals surface area contributed by atoms with Gasteiger partial charge in [-0.3, -0.25) is 0 Å². The first-order valence-electron chi connectivity index (χ1n) is 7.17. The van der Waals surface area contributed by atoms with Gasteiger partial charge < -0.3 is 9.57 Å². The minimum Gasteiger partial charge on any atom is -0.497 e. The van der Waals surface area contributed by atoms with Crippen LogP contribution >= 0.6 is 0 Å². The average molecular weight is 281 g/mol. The van der Waals surface area contributed by atoms with Gasteiger partial charge in [-0.2, -0.15) is 0 Å². The van der Waals surface area contributed by atoms with Crippen LogP contribution in [0.25, 0.3) is 0 Å². The van der Waals surface area contributed by atoms with Gasteiger partial charge in [0, 0.05) is 12.8 Å². The third kappa shape index (κ3) is 3.24. The number of benzene rings is 2. The monoisotopic (exact) mass is 281 g/mol. The topological polar surface area (TPSA) is 30.8 Å². The molecule has 0 saturated carbocycles. The SMILES string of the molecule is COc1cccc(CC2CC(c3ccc(C)cc3)=NO2)c1. The molecule has 2 aromatic rings. The van der Waals surface area contributed by atoms with E-state index in [4.69, 9.17) is 9.57 Å². The van der Waals surface area contributed by atoms with Crippen molar-refractivity contribution in [3.05, 3.63) is 65.2 Å². The molecule has 0 bridgehead atoms. The summed E-state index contributed by atoms with van der Waals surface area (Å²) < 4.78 is 5.25. The van der Waals surface area contributed by atoms with Crippen molar-refractivity contribution in [3.63, 3.8) is 0 Å². The summed E-state index contributed by atoms with van der Waals surface area (Å²) in [4.78, 5) is 5.57. The van der Waals surface area contributed by atoms with E-state index in [0.717, 1.165) is 29.9 Å². The molecule has 3 heteroatoms. The number of hydrogen-bond acceptors (Lipinski definition) is 3. The summed E-state index contributed by atoms with van der Waals surface area (Å²) in [5.41, 5.74) is 4.64. The van der Waals surface area contributed by atoms with E-state index in [9.17, 15) is 0 Å². The first-order chi connectivity index (χ1) is 10.2. The second-order valence-corrected chi connectivity index (χ2v) is 5.39. The van der Waals surface area contributed by atoms with E-state index in [1.54, 1.807) is 7.11 Å². The van der Waals surface area contributed by atoms with Crippen molar-refractivity contribution in [3.8, 4) is 5.75 Å². The van der Waals surface area contributed by atoms with Gasteiger partial charge in [-0.1, -0.05) is 47.1 Å². The van der Waals surface area contributed by atoms with Gasteiger partial charge in [0.15, 0.2) is 0 Å². The summed E-state index contributed by atoms with van der Waals surface area (Å²) in [6.07, 6.45) is 1.80. The zero-order valence-corrected chi connectivity index (χ0v) is 12.4. The maximum Gasteiger partial charge on any atom is 0.137 e. The molecular formula is C18H19NO2. The standard InChI is InChI=1S/C18H19NO2/c1-13-6-8-15(9-7-13)18-12-17(21-19-18)11-14-4-3-5-16(10-14)20-2/h3-10,17H,11-12H2,1-2H3. The van der Waals surface area contributed by atoms with Gasteiger partial charge in [0.05, 0.1) is 12.8 Å². The van der Waals surface area contributed by atoms with E-state index < -0.39 is 0 Å². The van der Waals surface area contributed by atoms with E-state index >= 15 is 0 Å². The Morgan fingerprint density at radius 2 is 2.00 bits per heavy atom. The molecule has 1 aliphatic heterocycles. The zero-order valence-electron chi connectivity index (χ0n) is 12.4. The molecular weight excluding hydrogens is 262 g/mol. The van der Waals surface area contributed by atoms with Crippen molar-refractivity contribution in [1.82, 2.24) is 0 Å². The Morgan fingerprint density at radius 3 is 2.76 bits per heavy atom. The lowest BCUT2D eigenvalue weighted by atomic mass is 10.00. The molecule has 0 radical (unpaired) electrons. The predicted octanol–water partition coefficient (Wildman–Crippen LogP) is 3.74. The van der Waals surface area contributed by atoms with Gasteiger partial charge in [0.1, 0.15) is 11.9 Å². The molecule has 0 amide bonds. The lowest BCUT2D eigenvalue weighted by Crippen LogP contribution is -2.12. The average Bonchev–Trinajstić information content (AvgIpc) is 2.96. The molecule has 1 atom stereocenters. The molecule has 0 aromatic heterocycles. The molecule has 3 rings (SSSR count). The van der Waals surface area contributed by atoms with Crippen LogP contribution in [0.4, 0.5) is 0 Å². The highest BCUT2D eigenvalue weighted by Crippen LogP contribution is 2.22. The van der Waals surface area contributed by atoms with Gasteiger partial charge in [0.25, 0.3) is 0 Å². The fourth-order valence-electron chi connectivity index (χ4n) is 2.52. The Bertz CT molecular complexity index is 647. The predicted molar refractivity (Wildman–Crippen MR) is 83.9 cm³/mol. The maximum absolute atomic E-state index is 5.57. The number of ether oxygens (including phenoxy) is 1. The summed E-state index contributed by atoms with van der Waals surface area (Å²) in [5.74, 6) is 0.880. The Kier molecular flexibility index (Phi) is 3.91. The summed E-state index contributed by atoms with van der Waals surface area (Å²) >= 11 is 0. The van der Waals surface area contributed by atoms with Crippen LogP contribution in [0.1, 0.15) is 23.1 Å². The summed E-state index contributed by atoms with van der Waals surface area (Å²) in [6, 6.07) is 16.5. The lowest BCUT2D eigenvalue weighted by molar-refractivity contribution is 0.0859. The van der Waals surface area contributed by atoms with E-state index in [1.165, 1.54) is 11.1 Å². The van der Waals surface area contributed by atoms with E-state index in [2.05, 4.69) is 42.4 Å². The molecule has 3 nitrogen and oxygen atoms in total. The lowest BCUT2D eigenvalue weighted by Gasteiger charge is -2.09. The molecule has 1 unspecified atom stereocenters. The third-order valence-corrected chi connectivity index (χ3v) is 3.72. The normalized spacial score (nSPS) is 17.2. The number of nitrogens with zero attached hydrogens (tertiary/aromatic N) is 1. The highest BCUT2D eigenvalue weighted by molar-refractivity contribution is 6.01. The highest BCUT2D eigenvalue weighted by Gasteiger charge is 2.22. The summed E-state index contributed by atoms with van der Waals surface area (Å²) in [6.45, 7) is 2.09. The van der Waals surface area contributed by atoms with Crippen LogP contribution in [0.5, 0.6) is 5.75 Å². The van der Waals surface area contributed by atoms with E-state index in [1.807, 2.05) is 18.2 Å². The maximum atomic E-state index is 5.57. The zero-order chi connectivity index (χ0) is 14.7.